The van der Waals surface area contributed by atoms with E-state index in [4.69, 9.17) is 0 Å². The number of hydrogen-bond donors (Lipinski definition) is 0. The molecule has 0 radical (unpaired) electrons. The topological polar surface area (TPSA) is 0 Å². The minimum absolute atomic E-state index is 1.19. The first-order valence-electron chi connectivity index (χ1n) is 14.5. The van der Waals surface area contributed by atoms with E-state index < -0.39 is 0 Å². The Morgan fingerprint density at radius 1 is 0.286 bits per heavy atom. The van der Waals surface area contributed by atoms with Gasteiger partial charge in [0.05, 0.1) is 0 Å². The van der Waals surface area contributed by atoms with Crippen molar-refractivity contribution in [1.29, 1.82) is 0 Å². The zero-order valence-corrected chi connectivity index (χ0v) is 23.2. The lowest BCUT2D eigenvalue weighted by Crippen LogP contribution is -1.86. The van der Waals surface area contributed by atoms with Gasteiger partial charge in [-0.05, 0) is 88.6 Å². The van der Waals surface area contributed by atoms with Crippen LogP contribution in [0.3, 0.4) is 0 Å². The largest absolute Gasteiger partial charge is 0.0616 e. The van der Waals surface area contributed by atoms with E-state index in [0.717, 1.165) is 0 Å². The van der Waals surface area contributed by atoms with Gasteiger partial charge in [-0.2, -0.15) is 0 Å². The fourth-order valence-corrected chi connectivity index (χ4v) is 6.36. The fraction of sp³-hybridized carbons (Fsp3) is 0. The summed E-state index contributed by atoms with van der Waals surface area (Å²) in [6.45, 7) is 0. The average Bonchev–Trinajstić information content (AvgIpc) is 3.06. The minimum Gasteiger partial charge on any atom is -0.0616 e. The van der Waals surface area contributed by atoms with Crippen LogP contribution < -0.4 is 0 Å². The molecule has 0 heterocycles. The summed E-state index contributed by atoms with van der Waals surface area (Å²) in [5.41, 5.74) is 7.46. The van der Waals surface area contributed by atoms with Crippen LogP contribution in [-0.2, 0) is 0 Å². The molecule has 0 nitrogen and oxygen atoms in total. The maximum atomic E-state index is 2.29. The monoisotopic (exact) mass is 532 g/mol. The molecule has 0 unspecified atom stereocenters. The molecule has 0 saturated heterocycles. The molecule has 0 atom stereocenters. The number of benzene rings is 8. The third-order valence-electron chi connectivity index (χ3n) is 8.41. The highest BCUT2D eigenvalue weighted by Gasteiger charge is 2.11. The third-order valence-corrected chi connectivity index (χ3v) is 8.41. The highest BCUT2D eigenvalue weighted by atomic mass is 14.1. The van der Waals surface area contributed by atoms with Crippen LogP contribution in [0.5, 0.6) is 0 Å². The Labute approximate surface area is 245 Å². The van der Waals surface area contributed by atoms with Crippen LogP contribution in [0.15, 0.2) is 158 Å². The van der Waals surface area contributed by atoms with Crippen molar-refractivity contribution in [2.45, 2.75) is 0 Å². The molecule has 0 amide bonds. The quantitative estimate of drug-likeness (QED) is 0.156. The van der Waals surface area contributed by atoms with Crippen molar-refractivity contribution in [3.63, 3.8) is 0 Å². The second-order valence-electron chi connectivity index (χ2n) is 11.0. The summed E-state index contributed by atoms with van der Waals surface area (Å²) < 4.78 is 0. The maximum absolute atomic E-state index is 2.29. The minimum atomic E-state index is 1.19. The van der Waals surface area contributed by atoms with Gasteiger partial charge < -0.3 is 0 Å². The summed E-state index contributed by atoms with van der Waals surface area (Å²) in [4.78, 5) is 0. The second-order valence-corrected chi connectivity index (χ2v) is 11.0. The maximum Gasteiger partial charge on any atom is -0.00268 e. The normalized spacial score (nSPS) is 11.7. The van der Waals surface area contributed by atoms with Crippen LogP contribution in [0.2, 0.25) is 0 Å². The Balaban J connectivity index is 1.12. The van der Waals surface area contributed by atoms with Gasteiger partial charge in [0.2, 0.25) is 0 Å². The first-order chi connectivity index (χ1) is 20.8. The van der Waals surface area contributed by atoms with Gasteiger partial charge in [-0.15, -0.1) is 0 Å². The van der Waals surface area contributed by atoms with Gasteiger partial charge in [-0.25, -0.2) is 0 Å². The van der Waals surface area contributed by atoms with E-state index in [2.05, 4.69) is 170 Å². The van der Waals surface area contributed by atoms with E-state index in [-0.39, 0.29) is 0 Å². The van der Waals surface area contributed by atoms with Crippen molar-refractivity contribution in [3.8, 4) is 22.3 Å². The predicted octanol–water partition coefficient (Wildman–Crippen LogP) is 11.8. The molecule has 196 valence electrons. The lowest BCUT2D eigenvalue weighted by atomic mass is 9.91. The van der Waals surface area contributed by atoms with Crippen molar-refractivity contribution in [2.24, 2.45) is 0 Å². The van der Waals surface area contributed by atoms with E-state index >= 15 is 0 Å². The molecule has 8 aromatic carbocycles. The number of fused-ring (bicyclic) bond motifs is 4. The summed E-state index contributed by atoms with van der Waals surface area (Å²) in [5, 5.41) is 10.3. The number of hydrogen-bond acceptors (Lipinski definition) is 0. The van der Waals surface area contributed by atoms with Crippen molar-refractivity contribution >= 4 is 55.2 Å². The Kier molecular flexibility index (Phi) is 5.90. The Morgan fingerprint density at radius 3 is 0.881 bits per heavy atom. The number of rotatable bonds is 4. The molecular formula is C42H28. The van der Waals surface area contributed by atoms with Gasteiger partial charge in [0.25, 0.3) is 0 Å². The third kappa shape index (κ3) is 4.26. The van der Waals surface area contributed by atoms with Crippen molar-refractivity contribution in [3.05, 3.63) is 169 Å². The van der Waals surface area contributed by atoms with Crippen LogP contribution >= 0.6 is 0 Å². The molecule has 8 aromatic rings. The smallest absolute Gasteiger partial charge is 0.00268 e. The summed E-state index contributed by atoms with van der Waals surface area (Å²) >= 11 is 0. The molecule has 42 heavy (non-hydrogen) atoms. The molecule has 0 aliphatic heterocycles. The van der Waals surface area contributed by atoms with Gasteiger partial charge in [0.15, 0.2) is 0 Å². The van der Waals surface area contributed by atoms with E-state index in [1.807, 2.05) is 0 Å². The van der Waals surface area contributed by atoms with Crippen LogP contribution in [0.25, 0.3) is 77.5 Å². The lowest BCUT2D eigenvalue weighted by Gasteiger charge is -2.12. The SMILES string of the molecule is C(=C/c1ccc(-c2c3ccccc3cc3ccccc23)cc1)/c1ccc(-c2c3ccccc3cc3ccccc23)cc1. The zero-order valence-electron chi connectivity index (χ0n) is 23.2. The van der Waals surface area contributed by atoms with E-state index in [9.17, 15) is 0 Å². The molecule has 0 fully saturated rings. The average molecular weight is 533 g/mol. The summed E-state index contributed by atoms with van der Waals surface area (Å²) in [5.74, 6) is 0. The standard InChI is InChI=1S/C42H28/c1-5-13-37-33(9-1)27-34-10-2-6-14-38(34)41(37)31-23-19-29(20-24-31)17-18-30-21-25-32(26-22-30)42-39-15-7-3-11-35(39)28-36-12-4-8-16-40(36)42/h1-28H/b18-17-. The predicted molar refractivity (Wildman–Crippen MR) is 183 cm³/mol. The molecule has 0 saturated carbocycles. The molecule has 0 heteroatoms. The van der Waals surface area contributed by atoms with Crippen LogP contribution in [0.4, 0.5) is 0 Å². The van der Waals surface area contributed by atoms with E-state index in [1.54, 1.807) is 0 Å². The molecule has 0 aromatic heterocycles. The van der Waals surface area contributed by atoms with Crippen molar-refractivity contribution in [2.75, 3.05) is 0 Å². The summed E-state index contributed by atoms with van der Waals surface area (Å²) in [6, 6.07) is 57.2. The van der Waals surface area contributed by atoms with Crippen molar-refractivity contribution < 1.29 is 0 Å². The molecule has 0 aliphatic carbocycles. The highest BCUT2D eigenvalue weighted by molar-refractivity contribution is 6.13. The second kappa shape index (κ2) is 10.2. The van der Waals surface area contributed by atoms with Gasteiger partial charge in [-0.1, -0.05) is 158 Å². The molecular weight excluding hydrogens is 504 g/mol. The first-order valence-corrected chi connectivity index (χ1v) is 14.5. The van der Waals surface area contributed by atoms with Crippen LogP contribution in [-0.4, -0.2) is 0 Å². The van der Waals surface area contributed by atoms with Crippen molar-refractivity contribution in [1.82, 2.24) is 0 Å². The van der Waals surface area contributed by atoms with Gasteiger partial charge in [0.1, 0.15) is 0 Å². The molecule has 0 N–H and O–H groups in total. The Bertz CT molecular complexity index is 1990. The van der Waals surface area contributed by atoms with Gasteiger partial charge in [-0.3, -0.25) is 0 Å². The van der Waals surface area contributed by atoms with Gasteiger partial charge in [0, 0.05) is 0 Å². The highest BCUT2D eigenvalue weighted by Crippen LogP contribution is 2.38. The first kappa shape index (κ1) is 24.3. The molecule has 0 spiro atoms. The summed E-state index contributed by atoms with van der Waals surface area (Å²) in [7, 11) is 0. The van der Waals surface area contributed by atoms with E-state index in [0.29, 0.717) is 0 Å². The summed E-state index contributed by atoms with van der Waals surface area (Å²) in [6.07, 6.45) is 4.40. The van der Waals surface area contributed by atoms with Gasteiger partial charge >= 0.3 is 0 Å². The lowest BCUT2D eigenvalue weighted by molar-refractivity contribution is 1.63. The Hall–Kier alpha value is -5.46. The van der Waals surface area contributed by atoms with E-state index in [1.165, 1.54) is 76.5 Å². The van der Waals surface area contributed by atoms with Crippen LogP contribution in [0, 0.1) is 0 Å². The zero-order chi connectivity index (χ0) is 27.9. The Morgan fingerprint density at radius 2 is 0.571 bits per heavy atom. The fourth-order valence-electron chi connectivity index (χ4n) is 6.36. The molecule has 8 rings (SSSR count). The molecule has 0 bridgehead atoms. The molecule has 0 aliphatic rings. The van der Waals surface area contributed by atoms with Crippen LogP contribution in [0.1, 0.15) is 11.1 Å².